The van der Waals surface area contributed by atoms with Gasteiger partial charge in [0.25, 0.3) is 0 Å². The minimum Gasteiger partial charge on any atom is -0.480 e. The highest BCUT2D eigenvalue weighted by Crippen LogP contribution is 2.15. The molecule has 0 aromatic heterocycles. The third kappa shape index (κ3) is 5.33. The van der Waals surface area contributed by atoms with Crippen molar-refractivity contribution in [2.45, 2.75) is 32.1 Å². The summed E-state index contributed by atoms with van der Waals surface area (Å²) in [5.74, 6) is -2.74. The summed E-state index contributed by atoms with van der Waals surface area (Å²) < 4.78 is 31.4. The van der Waals surface area contributed by atoms with E-state index in [1.165, 1.54) is 19.2 Å². The number of hydrogen-bond donors (Lipinski definition) is 2. The van der Waals surface area contributed by atoms with E-state index < -0.39 is 33.8 Å². The zero-order valence-electron chi connectivity index (χ0n) is 13.3. The highest BCUT2D eigenvalue weighted by atomic mass is 32.2. The maximum absolute atomic E-state index is 12.3. The van der Waals surface area contributed by atoms with Gasteiger partial charge in [0.1, 0.15) is 6.04 Å². The quantitative estimate of drug-likeness (QED) is 0.690. The molecule has 0 saturated heterocycles. The molecular weight excluding hydrogens is 322 g/mol. The number of sulfonamides is 1. The van der Waals surface area contributed by atoms with Crippen LogP contribution in [-0.4, -0.2) is 38.6 Å². The maximum Gasteiger partial charge on any atom is 0.338 e. The number of methoxy groups -OCH3 is 1. The second kappa shape index (κ2) is 8.07. The second-order valence-electron chi connectivity index (χ2n) is 5.23. The van der Waals surface area contributed by atoms with Crippen LogP contribution in [0.2, 0.25) is 0 Å². The van der Waals surface area contributed by atoms with Crippen molar-refractivity contribution in [3.05, 3.63) is 35.4 Å². The topological polar surface area (TPSA) is 110 Å². The van der Waals surface area contributed by atoms with Crippen LogP contribution in [0.5, 0.6) is 0 Å². The molecule has 2 atom stereocenters. The lowest BCUT2D eigenvalue weighted by atomic mass is 10.0. The van der Waals surface area contributed by atoms with Crippen LogP contribution in [0.25, 0.3) is 0 Å². The normalized spacial score (nSPS) is 14.0. The van der Waals surface area contributed by atoms with Gasteiger partial charge in [-0.25, -0.2) is 17.9 Å². The van der Waals surface area contributed by atoms with Gasteiger partial charge in [0.2, 0.25) is 10.0 Å². The standard InChI is InChI=1S/C15H21NO6S/c1-4-10(2)13(14(17)18)16-23(20,21)9-11-7-5-6-8-12(11)15(19)22-3/h5-8,10,13,16H,4,9H2,1-3H3,(H,17,18)/t10-,13-/m0/s1. The van der Waals surface area contributed by atoms with Crippen molar-refractivity contribution in [1.82, 2.24) is 4.72 Å². The minimum atomic E-state index is -3.94. The average Bonchev–Trinajstić information content (AvgIpc) is 2.51. The molecule has 0 heterocycles. The molecule has 8 heteroatoms. The average molecular weight is 343 g/mol. The first-order chi connectivity index (χ1) is 10.7. The first-order valence-electron chi connectivity index (χ1n) is 7.10. The molecule has 0 spiro atoms. The maximum atomic E-state index is 12.3. The molecule has 128 valence electrons. The fraction of sp³-hybridized carbons (Fsp3) is 0.467. The molecule has 1 aromatic carbocycles. The van der Waals surface area contributed by atoms with Crippen LogP contribution in [0.1, 0.15) is 36.2 Å². The van der Waals surface area contributed by atoms with E-state index in [1.807, 2.05) is 0 Å². The lowest BCUT2D eigenvalue weighted by molar-refractivity contribution is -0.140. The Hall–Kier alpha value is -1.93. The lowest BCUT2D eigenvalue weighted by Gasteiger charge is -2.20. The number of carboxylic acids is 1. The molecule has 1 rings (SSSR count). The number of carbonyl (C=O) groups excluding carboxylic acids is 1. The van der Waals surface area contributed by atoms with Crippen LogP contribution in [0, 0.1) is 5.92 Å². The van der Waals surface area contributed by atoms with E-state index in [4.69, 9.17) is 0 Å². The monoisotopic (exact) mass is 343 g/mol. The van der Waals surface area contributed by atoms with E-state index in [1.54, 1.807) is 26.0 Å². The lowest BCUT2D eigenvalue weighted by Crippen LogP contribution is -2.45. The van der Waals surface area contributed by atoms with Crippen LogP contribution in [0.15, 0.2) is 24.3 Å². The molecule has 1 aromatic rings. The first-order valence-corrected chi connectivity index (χ1v) is 8.76. The van der Waals surface area contributed by atoms with Gasteiger partial charge in [-0.05, 0) is 17.5 Å². The van der Waals surface area contributed by atoms with Gasteiger partial charge >= 0.3 is 11.9 Å². The molecule has 0 amide bonds. The molecule has 2 N–H and O–H groups in total. The van der Waals surface area contributed by atoms with Crippen molar-refractivity contribution in [3.63, 3.8) is 0 Å². The van der Waals surface area contributed by atoms with Crippen molar-refractivity contribution < 1.29 is 27.9 Å². The number of esters is 1. The SMILES string of the molecule is CC[C@H](C)[C@H](NS(=O)(=O)Cc1ccccc1C(=O)OC)C(=O)O. The van der Waals surface area contributed by atoms with Crippen molar-refractivity contribution in [2.75, 3.05) is 7.11 Å². The number of aliphatic carboxylic acids is 1. The molecule has 0 aliphatic carbocycles. The van der Waals surface area contributed by atoms with Crippen molar-refractivity contribution in [2.24, 2.45) is 5.92 Å². The summed E-state index contributed by atoms with van der Waals surface area (Å²) >= 11 is 0. The molecule has 7 nitrogen and oxygen atoms in total. The summed E-state index contributed by atoms with van der Waals surface area (Å²) in [4.78, 5) is 22.9. The Balaban J connectivity index is 3.03. The Kier molecular flexibility index (Phi) is 6.71. The summed E-state index contributed by atoms with van der Waals surface area (Å²) in [6.45, 7) is 3.44. The molecule has 0 radical (unpaired) electrons. The third-order valence-corrected chi connectivity index (χ3v) is 4.86. The van der Waals surface area contributed by atoms with E-state index in [2.05, 4.69) is 9.46 Å². The third-order valence-electron chi connectivity index (χ3n) is 3.55. The molecule has 0 bridgehead atoms. The Morgan fingerprint density at radius 1 is 1.30 bits per heavy atom. The van der Waals surface area contributed by atoms with Crippen LogP contribution in [0.4, 0.5) is 0 Å². The van der Waals surface area contributed by atoms with E-state index >= 15 is 0 Å². The zero-order chi connectivity index (χ0) is 17.6. The molecule has 0 aliphatic rings. The predicted octanol–water partition coefficient (Wildman–Crippen LogP) is 1.39. The molecular formula is C15H21NO6S. The Morgan fingerprint density at radius 2 is 1.91 bits per heavy atom. The number of benzene rings is 1. The fourth-order valence-electron chi connectivity index (χ4n) is 2.04. The number of nitrogens with one attached hydrogen (secondary N) is 1. The van der Waals surface area contributed by atoms with E-state index in [0.29, 0.717) is 6.42 Å². The summed E-state index contributed by atoms with van der Waals surface area (Å²) in [6.07, 6.45) is 0.512. The van der Waals surface area contributed by atoms with Gasteiger partial charge in [-0.3, -0.25) is 4.79 Å². The summed E-state index contributed by atoms with van der Waals surface area (Å²) in [5, 5.41) is 9.18. The van der Waals surface area contributed by atoms with Gasteiger partial charge in [0, 0.05) is 0 Å². The van der Waals surface area contributed by atoms with Crippen molar-refractivity contribution >= 4 is 22.0 Å². The first kappa shape index (κ1) is 19.1. The van der Waals surface area contributed by atoms with Gasteiger partial charge in [-0.1, -0.05) is 38.5 Å². The number of carboxylic acid groups (broad SMARTS) is 1. The zero-order valence-corrected chi connectivity index (χ0v) is 14.1. The fourth-order valence-corrected chi connectivity index (χ4v) is 3.51. The number of ether oxygens (including phenoxy) is 1. The van der Waals surface area contributed by atoms with Crippen LogP contribution in [0.3, 0.4) is 0 Å². The van der Waals surface area contributed by atoms with Crippen molar-refractivity contribution in [3.8, 4) is 0 Å². The van der Waals surface area contributed by atoms with Gasteiger partial charge in [0.15, 0.2) is 0 Å². The van der Waals surface area contributed by atoms with Gasteiger partial charge in [0.05, 0.1) is 18.4 Å². The number of rotatable bonds is 8. The van der Waals surface area contributed by atoms with Gasteiger partial charge in [-0.2, -0.15) is 0 Å². The van der Waals surface area contributed by atoms with Crippen molar-refractivity contribution in [1.29, 1.82) is 0 Å². The number of carbonyl (C=O) groups is 2. The summed E-state index contributed by atoms with van der Waals surface area (Å²) in [7, 11) is -2.73. The van der Waals surface area contributed by atoms with E-state index in [9.17, 15) is 23.1 Å². The van der Waals surface area contributed by atoms with E-state index in [0.717, 1.165) is 0 Å². The molecule has 0 unspecified atom stereocenters. The van der Waals surface area contributed by atoms with Crippen LogP contribution >= 0.6 is 0 Å². The molecule has 0 saturated carbocycles. The summed E-state index contributed by atoms with van der Waals surface area (Å²) in [6, 6.07) is 4.93. The Bertz CT molecular complexity index is 670. The smallest absolute Gasteiger partial charge is 0.338 e. The van der Waals surface area contributed by atoms with Gasteiger partial charge < -0.3 is 9.84 Å². The molecule has 0 fully saturated rings. The van der Waals surface area contributed by atoms with E-state index in [-0.39, 0.29) is 17.0 Å². The summed E-state index contributed by atoms with van der Waals surface area (Å²) in [5.41, 5.74) is 0.385. The second-order valence-corrected chi connectivity index (χ2v) is 6.98. The van der Waals surface area contributed by atoms with Crippen LogP contribution in [-0.2, 0) is 25.3 Å². The van der Waals surface area contributed by atoms with Gasteiger partial charge in [-0.15, -0.1) is 0 Å². The largest absolute Gasteiger partial charge is 0.480 e. The highest BCUT2D eigenvalue weighted by molar-refractivity contribution is 7.88. The molecule has 0 aliphatic heterocycles. The Morgan fingerprint density at radius 3 is 2.43 bits per heavy atom. The predicted molar refractivity (Wildman–Crippen MR) is 84.4 cm³/mol. The van der Waals surface area contributed by atoms with Crippen LogP contribution < -0.4 is 4.72 Å². The minimum absolute atomic E-state index is 0.135. The number of hydrogen-bond acceptors (Lipinski definition) is 5. The highest BCUT2D eigenvalue weighted by Gasteiger charge is 2.29. The Labute approximate surface area is 135 Å². The molecule has 23 heavy (non-hydrogen) atoms.